The van der Waals surface area contributed by atoms with Crippen molar-refractivity contribution in [1.29, 1.82) is 0 Å². The number of aliphatic hydroxyl groups excluding tert-OH is 2. The molecule has 0 bridgehead atoms. The van der Waals surface area contributed by atoms with Crippen molar-refractivity contribution in [3.05, 3.63) is 11.6 Å². The molecule has 5 atom stereocenters. The number of nitrogens with zero attached hydrogens (tertiary/aromatic N) is 4. The summed E-state index contributed by atoms with van der Waals surface area (Å²) in [6.45, 7) is 1.92. The first-order valence-corrected chi connectivity index (χ1v) is 18.2. The Morgan fingerprint density at radius 1 is 1.02 bits per heavy atom. The van der Waals surface area contributed by atoms with E-state index in [2.05, 4.69) is 32.5 Å². The Labute approximate surface area is 254 Å². The summed E-state index contributed by atoms with van der Waals surface area (Å²) in [4.78, 5) is 52.4. The lowest BCUT2D eigenvalue weighted by Gasteiger charge is -2.18. The van der Waals surface area contributed by atoms with Gasteiger partial charge in [-0.1, -0.05) is 64.7 Å². The van der Waals surface area contributed by atoms with Crippen molar-refractivity contribution in [2.75, 3.05) is 24.4 Å². The van der Waals surface area contributed by atoms with Crippen LogP contribution in [0.4, 0.5) is 10.6 Å². The molecular weight excluding hydrogens is 630 g/mol. The quantitative estimate of drug-likeness (QED) is 0.0684. The van der Waals surface area contributed by atoms with Gasteiger partial charge in [0.2, 0.25) is 5.28 Å². The van der Waals surface area contributed by atoms with Crippen molar-refractivity contribution < 1.29 is 48.1 Å². The third kappa shape index (κ3) is 11.3. The molecule has 1 aliphatic rings. The fraction of sp³-hybridized carbons (Fsp3) is 0.750. The summed E-state index contributed by atoms with van der Waals surface area (Å²) in [5.74, 6) is -1.42. The van der Waals surface area contributed by atoms with Gasteiger partial charge in [-0.3, -0.25) is 19.0 Å². The molecular formula is C24H41ClN6O10P2. The van der Waals surface area contributed by atoms with Gasteiger partial charge < -0.3 is 39.5 Å². The topological polar surface area (TPSA) is 238 Å². The molecule has 0 aliphatic carbocycles. The van der Waals surface area contributed by atoms with E-state index in [1.807, 2.05) is 0 Å². The Morgan fingerprint density at radius 3 is 2.28 bits per heavy atom. The van der Waals surface area contributed by atoms with Crippen LogP contribution in [0.2, 0.25) is 5.28 Å². The maximum absolute atomic E-state index is 12.5. The van der Waals surface area contributed by atoms with Crippen molar-refractivity contribution in [1.82, 2.24) is 24.8 Å². The van der Waals surface area contributed by atoms with Gasteiger partial charge in [-0.05, 0) is 18.0 Å². The minimum Gasteiger partial charge on any atom is -0.387 e. The van der Waals surface area contributed by atoms with Gasteiger partial charge in [-0.15, -0.1) is 0 Å². The van der Waals surface area contributed by atoms with Gasteiger partial charge in [0.15, 0.2) is 29.1 Å². The summed E-state index contributed by atoms with van der Waals surface area (Å²) in [6.07, 6.45) is 7.13. The summed E-state index contributed by atoms with van der Waals surface area (Å²) < 4.78 is 34.6. The van der Waals surface area contributed by atoms with E-state index in [4.69, 9.17) is 30.6 Å². The largest absolute Gasteiger partial charge is 0.387 e. The second kappa shape index (κ2) is 16.6. The maximum atomic E-state index is 12.5. The van der Waals surface area contributed by atoms with Crippen LogP contribution in [0.15, 0.2) is 6.33 Å². The molecule has 7 N–H and O–H groups in total. The molecule has 3 rings (SSSR count). The first-order valence-electron chi connectivity index (χ1n) is 14.3. The summed E-state index contributed by atoms with van der Waals surface area (Å²) in [6, 6.07) is -0.518. The van der Waals surface area contributed by atoms with Crippen LogP contribution >= 0.6 is 26.8 Å². The van der Waals surface area contributed by atoms with Crippen LogP contribution in [0.25, 0.3) is 11.2 Å². The zero-order chi connectivity index (χ0) is 31.6. The first kappa shape index (κ1) is 35.8. The monoisotopic (exact) mass is 670 g/mol. The number of hydrogen-bond acceptors (Lipinski definition) is 10. The second-order valence-corrected chi connectivity index (χ2v) is 14.8. The summed E-state index contributed by atoms with van der Waals surface area (Å²) >= 11 is 6.08. The molecule has 19 heteroatoms. The fourth-order valence-electron chi connectivity index (χ4n) is 4.69. The van der Waals surface area contributed by atoms with Gasteiger partial charge in [0.1, 0.15) is 18.3 Å². The van der Waals surface area contributed by atoms with Crippen LogP contribution in [-0.2, 0) is 18.4 Å². The number of unbranched alkanes of at least 4 members (excludes halogenated alkanes) is 9. The van der Waals surface area contributed by atoms with Gasteiger partial charge in [-0.25, -0.2) is 9.78 Å². The number of carbonyl (C=O) groups excluding carboxylic acids is 1. The molecule has 2 amide bonds. The average Bonchev–Trinajstić information content (AvgIpc) is 3.45. The molecule has 0 radical (unpaired) electrons. The number of amides is 2. The Morgan fingerprint density at radius 2 is 1.65 bits per heavy atom. The van der Waals surface area contributed by atoms with E-state index < -0.39 is 58.3 Å². The number of halogens is 1. The third-order valence-corrected chi connectivity index (χ3v) is 10.5. The van der Waals surface area contributed by atoms with Crippen LogP contribution < -0.4 is 10.6 Å². The van der Waals surface area contributed by atoms with Gasteiger partial charge in [-0.2, -0.15) is 9.97 Å². The molecule has 2 aromatic heterocycles. The predicted octanol–water partition coefficient (Wildman–Crippen LogP) is 3.48. The number of carbonyl (C=O) groups is 1. The van der Waals surface area contributed by atoms with Crippen LogP contribution in [-0.4, -0.2) is 87.8 Å². The number of hydrogen-bond donors (Lipinski definition) is 7. The molecule has 1 aliphatic heterocycles. The maximum Gasteiger partial charge on any atom is 0.340 e. The molecule has 0 aromatic carbocycles. The standard InChI is InChI=1S/C24H41ClN6O10P2/c1-2-3-4-5-6-7-8-9-10-11-12-26-24(34)29-20-17-21(30-23(25)28-20)31(14-27-17)22-19(33)18(32)16(41-22)13-40-43(38,39)15-42(35,36)37/h14,16,18-19,22,32-33H,2-13,15H2,1H3,(H,38,39)(H2,35,36,37)(H2,26,28,29,30,34)/t16-,18?,19+,22-/m1/s1. The molecule has 2 unspecified atom stereocenters. The molecule has 2 aromatic rings. The van der Waals surface area contributed by atoms with E-state index >= 15 is 0 Å². The Hall–Kier alpha value is -1.71. The number of fused-ring (bicyclic) bond motifs is 1. The van der Waals surface area contributed by atoms with E-state index in [-0.39, 0.29) is 22.3 Å². The van der Waals surface area contributed by atoms with Crippen molar-refractivity contribution in [3.8, 4) is 0 Å². The average molecular weight is 671 g/mol. The fourth-order valence-corrected chi connectivity index (χ4v) is 7.42. The lowest BCUT2D eigenvalue weighted by molar-refractivity contribution is -0.0483. The zero-order valence-corrected chi connectivity index (χ0v) is 26.5. The molecule has 0 saturated carbocycles. The molecule has 1 saturated heterocycles. The number of imidazole rings is 1. The van der Waals surface area contributed by atoms with Crippen molar-refractivity contribution >= 4 is 49.8 Å². The first-order chi connectivity index (χ1) is 20.3. The highest BCUT2D eigenvalue weighted by molar-refractivity contribution is 7.70. The summed E-state index contributed by atoms with van der Waals surface area (Å²) in [5, 5.41) is 26.1. The zero-order valence-electron chi connectivity index (χ0n) is 23.9. The number of ether oxygens (including phenoxy) is 1. The highest BCUT2D eigenvalue weighted by Crippen LogP contribution is 2.55. The van der Waals surface area contributed by atoms with E-state index in [9.17, 15) is 29.0 Å². The van der Waals surface area contributed by atoms with Crippen LogP contribution in [0, 0.1) is 0 Å². The Bertz CT molecular complexity index is 1300. The number of nitrogens with one attached hydrogen (secondary N) is 2. The minimum atomic E-state index is -4.86. The summed E-state index contributed by atoms with van der Waals surface area (Å²) in [5.41, 5.74) is 0.169. The minimum absolute atomic E-state index is 0.000831. The number of anilines is 1. The van der Waals surface area contributed by atoms with E-state index in [0.29, 0.717) is 6.54 Å². The molecule has 1 fully saturated rings. The van der Waals surface area contributed by atoms with Crippen molar-refractivity contribution in [2.24, 2.45) is 0 Å². The highest BCUT2D eigenvalue weighted by Gasteiger charge is 2.45. The van der Waals surface area contributed by atoms with Crippen molar-refractivity contribution in [3.63, 3.8) is 0 Å². The lowest BCUT2D eigenvalue weighted by atomic mass is 10.1. The highest BCUT2D eigenvalue weighted by atomic mass is 35.5. The Kier molecular flexibility index (Phi) is 13.8. The normalized spacial score (nSPS) is 22.1. The lowest BCUT2D eigenvalue weighted by Crippen LogP contribution is -2.33. The molecule has 16 nitrogen and oxygen atoms in total. The van der Waals surface area contributed by atoms with Crippen molar-refractivity contribution in [2.45, 2.75) is 95.7 Å². The number of urea groups is 1. The SMILES string of the molecule is CCCCCCCCCCCCNC(=O)Nc1nc(Cl)nc2c1ncn2[C@@H]1O[C@H](COP(=O)(O)CP(=O)(O)O)C(O)[C@@H]1O. The van der Waals surface area contributed by atoms with Crippen LogP contribution in [0.1, 0.15) is 77.4 Å². The van der Waals surface area contributed by atoms with Crippen LogP contribution in [0.3, 0.4) is 0 Å². The number of rotatable bonds is 18. The predicted molar refractivity (Wildman–Crippen MR) is 158 cm³/mol. The molecule has 3 heterocycles. The number of aliphatic hydroxyl groups is 2. The number of aromatic nitrogens is 4. The van der Waals surface area contributed by atoms with Gasteiger partial charge in [0.05, 0.1) is 12.9 Å². The molecule has 244 valence electrons. The third-order valence-electron chi connectivity index (χ3n) is 6.86. The smallest absolute Gasteiger partial charge is 0.340 e. The second-order valence-electron chi connectivity index (χ2n) is 10.5. The van der Waals surface area contributed by atoms with Gasteiger partial charge in [0, 0.05) is 6.54 Å². The van der Waals surface area contributed by atoms with Gasteiger partial charge in [0.25, 0.3) is 0 Å². The van der Waals surface area contributed by atoms with Crippen LogP contribution in [0.5, 0.6) is 0 Å². The van der Waals surface area contributed by atoms with E-state index in [1.54, 1.807) is 0 Å². The Balaban J connectivity index is 1.53. The van der Waals surface area contributed by atoms with Gasteiger partial charge >= 0.3 is 21.2 Å². The van der Waals surface area contributed by atoms with E-state index in [0.717, 1.165) is 19.3 Å². The molecule has 43 heavy (non-hydrogen) atoms. The van der Waals surface area contributed by atoms with E-state index in [1.165, 1.54) is 55.8 Å². The summed E-state index contributed by atoms with van der Waals surface area (Å²) in [7, 11) is -9.58. The molecule has 0 spiro atoms.